The highest BCUT2D eigenvalue weighted by Crippen LogP contribution is 2.26. The molecular weight excluding hydrogens is 211 g/mol. The fourth-order valence-electron chi connectivity index (χ4n) is 1.85. The molecule has 0 spiro atoms. The highest BCUT2D eigenvalue weighted by molar-refractivity contribution is 6.00. The minimum absolute atomic E-state index is 0.271. The number of carbonyl (C=O) groups excluding carboxylic acids is 2. The molecular formula is C11H11FN2O2. The third-order valence-corrected chi connectivity index (χ3v) is 2.58. The first kappa shape index (κ1) is 10.6. The van der Waals surface area contributed by atoms with E-state index in [9.17, 15) is 14.0 Å². The Kier molecular flexibility index (Phi) is 2.60. The molecule has 1 heterocycles. The van der Waals surface area contributed by atoms with Gasteiger partial charge in [-0.2, -0.15) is 0 Å². The second-order valence-electron chi connectivity index (χ2n) is 3.82. The molecule has 1 aliphatic heterocycles. The molecule has 1 aliphatic rings. The van der Waals surface area contributed by atoms with Gasteiger partial charge in [0.15, 0.2) is 0 Å². The second kappa shape index (κ2) is 3.92. The summed E-state index contributed by atoms with van der Waals surface area (Å²) in [6, 6.07) is 4.02. The van der Waals surface area contributed by atoms with Gasteiger partial charge in [-0.1, -0.05) is 0 Å². The number of benzene rings is 1. The lowest BCUT2D eigenvalue weighted by atomic mass is 9.90. The second-order valence-corrected chi connectivity index (χ2v) is 3.82. The van der Waals surface area contributed by atoms with Crippen molar-refractivity contribution >= 4 is 17.5 Å². The van der Waals surface area contributed by atoms with Gasteiger partial charge in [-0.15, -0.1) is 0 Å². The van der Waals surface area contributed by atoms with E-state index < -0.39 is 11.7 Å². The van der Waals surface area contributed by atoms with Gasteiger partial charge < -0.3 is 5.73 Å². The quantitative estimate of drug-likeness (QED) is 0.548. The molecule has 1 aromatic rings. The summed E-state index contributed by atoms with van der Waals surface area (Å²) in [5.41, 5.74) is 6.29. The van der Waals surface area contributed by atoms with Crippen LogP contribution in [0.4, 0.5) is 10.1 Å². The molecule has 0 saturated carbocycles. The first-order valence-corrected chi connectivity index (χ1v) is 4.96. The minimum atomic E-state index is -0.490. The van der Waals surface area contributed by atoms with Gasteiger partial charge in [0.1, 0.15) is 5.82 Å². The molecule has 1 aromatic carbocycles. The Labute approximate surface area is 91.6 Å². The summed E-state index contributed by atoms with van der Waals surface area (Å²) in [7, 11) is 0. The van der Waals surface area contributed by atoms with E-state index in [1.54, 1.807) is 6.07 Å². The van der Waals surface area contributed by atoms with Crippen molar-refractivity contribution in [1.82, 2.24) is 5.32 Å². The number of amides is 2. The number of imide groups is 1. The molecule has 2 rings (SSSR count). The Morgan fingerprint density at radius 1 is 1.31 bits per heavy atom. The van der Waals surface area contributed by atoms with Crippen molar-refractivity contribution in [2.75, 3.05) is 5.73 Å². The number of carbonyl (C=O) groups is 2. The SMILES string of the molecule is Nc1cc(F)cc(C2CCC(=O)NC2=O)c1. The van der Waals surface area contributed by atoms with Crippen molar-refractivity contribution in [3.8, 4) is 0 Å². The normalized spacial score (nSPS) is 20.7. The molecule has 0 aliphatic carbocycles. The molecule has 16 heavy (non-hydrogen) atoms. The van der Waals surface area contributed by atoms with Gasteiger partial charge >= 0.3 is 0 Å². The standard InChI is InChI=1S/C11H11FN2O2/c12-7-3-6(4-8(13)5-7)9-1-2-10(15)14-11(9)16/h3-5,9H,1-2,13H2,(H,14,15,16). The van der Waals surface area contributed by atoms with Gasteiger partial charge in [-0.05, 0) is 30.2 Å². The summed E-state index contributed by atoms with van der Waals surface area (Å²) in [6.45, 7) is 0. The van der Waals surface area contributed by atoms with E-state index in [2.05, 4.69) is 5.32 Å². The van der Waals surface area contributed by atoms with Crippen LogP contribution in [0.1, 0.15) is 24.3 Å². The van der Waals surface area contributed by atoms with Gasteiger partial charge in [0.2, 0.25) is 11.8 Å². The van der Waals surface area contributed by atoms with E-state index >= 15 is 0 Å². The molecule has 3 N–H and O–H groups in total. The Morgan fingerprint density at radius 2 is 2.06 bits per heavy atom. The number of hydrogen-bond donors (Lipinski definition) is 2. The average Bonchev–Trinajstić information content (AvgIpc) is 2.15. The van der Waals surface area contributed by atoms with Crippen LogP contribution in [-0.2, 0) is 9.59 Å². The minimum Gasteiger partial charge on any atom is -0.399 e. The number of piperidine rings is 1. The van der Waals surface area contributed by atoms with Crippen LogP contribution in [0.2, 0.25) is 0 Å². The summed E-state index contributed by atoms with van der Waals surface area (Å²) in [5, 5.41) is 2.23. The average molecular weight is 222 g/mol. The number of nitrogen functional groups attached to an aromatic ring is 1. The van der Waals surface area contributed by atoms with E-state index in [0.717, 1.165) is 0 Å². The number of nitrogens with two attached hydrogens (primary N) is 1. The van der Waals surface area contributed by atoms with E-state index in [1.165, 1.54) is 12.1 Å². The van der Waals surface area contributed by atoms with Crippen LogP contribution in [0.5, 0.6) is 0 Å². The number of hydrogen-bond acceptors (Lipinski definition) is 3. The Hall–Kier alpha value is -1.91. The topological polar surface area (TPSA) is 72.2 Å². The van der Waals surface area contributed by atoms with E-state index in [1.807, 2.05) is 0 Å². The first-order chi connectivity index (χ1) is 7.56. The molecule has 0 aromatic heterocycles. The summed E-state index contributed by atoms with van der Waals surface area (Å²) in [4.78, 5) is 22.5. The van der Waals surface area contributed by atoms with Gasteiger partial charge in [-0.25, -0.2) is 4.39 Å². The lowest BCUT2D eigenvalue weighted by Gasteiger charge is -2.21. The van der Waals surface area contributed by atoms with Crippen molar-refractivity contribution < 1.29 is 14.0 Å². The first-order valence-electron chi connectivity index (χ1n) is 4.96. The van der Waals surface area contributed by atoms with Crippen molar-refractivity contribution in [2.24, 2.45) is 0 Å². The van der Waals surface area contributed by atoms with Crippen molar-refractivity contribution in [2.45, 2.75) is 18.8 Å². The van der Waals surface area contributed by atoms with Crippen LogP contribution in [-0.4, -0.2) is 11.8 Å². The fourth-order valence-corrected chi connectivity index (χ4v) is 1.85. The lowest BCUT2D eigenvalue weighted by Crippen LogP contribution is -2.39. The number of nitrogens with one attached hydrogen (secondary N) is 1. The molecule has 0 radical (unpaired) electrons. The van der Waals surface area contributed by atoms with Crippen LogP contribution >= 0.6 is 0 Å². The molecule has 1 saturated heterocycles. The van der Waals surface area contributed by atoms with Crippen LogP contribution in [0, 0.1) is 5.82 Å². The molecule has 5 heteroatoms. The lowest BCUT2D eigenvalue weighted by molar-refractivity contribution is -0.134. The number of halogens is 1. The fraction of sp³-hybridized carbons (Fsp3) is 0.273. The zero-order chi connectivity index (χ0) is 11.7. The largest absolute Gasteiger partial charge is 0.399 e. The Balaban J connectivity index is 2.30. The Bertz CT molecular complexity index is 439. The maximum Gasteiger partial charge on any atom is 0.234 e. The molecule has 2 amide bonds. The third kappa shape index (κ3) is 2.03. The smallest absolute Gasteiger partial charge is 0.234 e. The maximum atomic E-state index is 13.1. The Morgan fingerprint density at radius 3 is 2.69 bits per heavy atom. The molecule has 4 nitrogen and oxygen atoms in total. The predicted octanol–water partition coefficient (Wildman–Crippen LogP) is 0.928. The summed E-state index contributed by atoms with van der Waals surface area (Å²) >= 11 is 0. The van der Waals surface area contributed by atoms with E-state index in [0.29, 0.717) is 12.0 Å². The highest BCUT2D eigenvalue weighted by atomic mass is 19.1. The van der Waals surface area contributed by atoms with E-state index in [4.69, 9.17) is 5.73 Å². The van der Waals surface area contributed by atoms with Gasteiger partial charge in [0.25, 0.3) is 0 Å². The van der Waals surface area contributed by atoms with Gasteiger partial charge in [0.05, 0.1) is 5.92 Å². The summed E-state index contributed by atoms with van der Waals surface area (Å²) in [6.07, 6.45) is 0.667. The van der Waals surface area contributed by atoms with E-state index in [-0.39, 0.29) is 23.9 Å². The van der Waals surface area contributed by atoms with Crippen LogP contribution < -0.4 is 11.1 Å². The number of rotatable bonds is 1. The third-order valence-electron chi connectivity index (χ3n) is 2.58. The van der Waals surface area contributed by atoms with Gasteiger partial charge in [-0.3, -0.25) is 14.9 Å². The molecule has 1 unspecified atom stereocenters. The van der Waals surface area contributed by atoms with Crippen molar-refractivity contribution in [3.05, 3.63) is 29.6 Å². The van der Waals surface area contributed by atoms with Crippen LogP contribution in [0.3, 0.4) is 0 Å². The zero-order valence-electron chi connectivity index (χ0n) is 8.50. The van der Waals surface area contributed by atoms with Crippen molar-refractivity contribution in [3.63, 3.8) is 0 Å². The molecule has 1 atom stereocenters. The molecule has 84 valence electrons. The maximum absolute atomic E-state index is 13.1. The molecule has 1 fully saturated rings. The van der Waals surface area contributed by atoms with Gasteiger partial charge in [0, 0.05) is 12.1 Å². The zero-order valence-corrected chi connectivity index (χ0v) is 8.50. The van der Waals surface area contributed by atoms with Crippen LogP contribution in [0.25, 0.3) is 0 Å². The summed E-state index contributed by atoms with van der Waals surface area (Å²) < 4.78 is 13.1. The predicted molar refractivity (Wildman–Crippen MR) is 55.9 cm³/mol. The van der Waals surface area contributed by atoms with Crippen molar-refractivity contribution in [1.29, 1.82) is 0 Å². The monoisotopic (exact) mass is 222 g/mol. The molecule has 0 bridgehead atoms. The highest BCUT2D eigenvalue weighted by Gasteiger charge is 2.28. The van der Waals surface area contributed by atoms with Crippen LogP contribution in [0.15, 0.2) is 18.2 Å². The number of anilines is 1. The summed E-state index contributed by atoms with van der Waals surface area (Å²) in [5.74, 6) is -1.64.